The normalized spacial score (nSPS) is 19.5. The standard InChI is InChI=1S/C15H23N3O2/c1-3-20-15(19)12-9-14(17-10-13(12)16)18-7-4-5-11(2)6-8-18/h9-11H,3-8,16H2,1-2H3. The molecule has 1 saturated heterocycles. The van der Waals surface area contributed by atoms with Gasteiger partial charge in [-0.2, -0.15) is 0 Å². The van der Waals surface area contributed by atoms with E-state index in [0.717, 1.165) is 37.7 Å². The number of esters is 1. The molecule has 1 aromatic rings. The van der Waals surface area contributed by atoms with Crippen LogP contribution in [0.4, 0.5) is 11.5 Å². The van der Waals surface area contributed by atoms with Gasteiger partial charge in [-0.05, 0) is 38.2 Å². The molecule has 1 fully saturated rings. The van der Waals surface area contributed by atoms with Gasteiger partial charge in [-0.3, -0.25) is 0 Å². The Morgan fingerprint density at radius 3 is 3.05 bits per heavy atom. The van der Waals surface area contributed by atoms with Crippen LogP contribution in [0.15, 0.2) is 12.3 Å². The van der Waals surface area contributed by atoms with Crippen LogP contribution in [0.1, 0.15) is 43.5 Å². The van der Waals surface area contributed by atoms with Crippen molar-refractivity contribution in [1.82, 2.24) is 4.98 Å². The van der Waals surface area contributed by atoms with E-state index in [1.165, 1.54) is 6.42 Å². The minimum atomic E-state index is -0.378. The van der Waals surface area contributed by atoms with Crippen LogP contribution in [-0.2, 0) is 4.74 Å². The van der Waals surface area contributed by atoms with Crippen LogP contribution in [0.3, 0.4) is 0 Å². The van der Waals surface area contributed by atoms with Gasteiger partial charge in [0, 0.05) is 13.1 Å². The van der Waals surface area contributed by atoms with E-state index in [1.807, 2.05) is 0 Å². The number of aromatic nitrogens is 1. The summed E-state index contributed by atoms with van der Waals surface area (Å²) in [7, 11) is 0. The quantitative estimate of drug-likeness (QED) is 0.860. The van der Waals surface area contributed by atoms with E-state index in [-0.39, 0.29) is 5.97 Å². The lowest BCUT2D eigenvalue weighted by molar-refractivity contribution is 0.0527. The van der Waals surface area contributed by atoms with E-state index < -0.39 is 0 Å². The number of ether oxygens (including phenoxy) is 1. The second kappa shape index (κ2) is 6.59. The predicted molar refractivity (Wildman–Crippen MR) is 79.8 cm³/mol. The van der Waals surface area contributed by atoms with Gasteiger partial charge in [0.05, 0.1) is 24.1 Å². The van der Waals surface area contributed by atoms with Gasteiger partial charge in [0.15, 0.2) is 0 Å². The molecule has 1 aliphatic heterocycles. The van der Waals surface area contributed by atoms with E-state index in [0.29, 0.717) is 17.9 Å². The van der Waals surface area contributed by atoms with E-state index in [2.05, 4.69) is 16.8 Å². The van der Waals surface area contributed by atoms with Crippen LogP contribution in [-0.4, -0.2) is 30.6 Å². The molecule has 0 aliphatic carbocycles. The lowest BCUT2D eigenvalue weighted by atomic mass is 10.0. The topological polar surface area (TPSA) is 68.5 Å². The molecule has 0 spiro atoms. The number of carbonyl (C=O) groups is 1. The molecule has 2 N–H and O–H groups in total. The Bertz CT molecular complexity index is 476. The molecule has 5 nitrogen and oxygen atoms in total. The minimum absolute atomic E-state index is 0.344. The summed E-state index contributed by atoms with van der Waals surface area (Å²) in [6.07, 6.45) is 5.11. The van der Waals surface area contributed by atoms with Gasteiger partial charge < -0.3 is 15.4 Å². The Hall–Kier alpha value is -1.78. The second-order valence-corrected chi connectivity index (χ2v) is 5.37. The first-order chi connectivity index (χ1) is 9.61. The van der Waals surface area contributed by atoms with Crippen molar-refractivity contribution in [3.63, 3.8) is 0 Å². The minimum Gasteiger partial charge on any atom is -0.462 e. The van der Waals surface area contributed by atoms with Gasteiger partial charge in [-0.25, -0.2) is 9.78 Å². The molecule has 2 rings (SSSR count). The highest BCUT2D eigenvalue weighted by Gasteiger charge is 2.18. The third-order valence-corrected chi connectivity index (χ3v) is 3.76. The fourth-order valence-corrected chi connectivity index (χ4v) is 2.51. The fraction of sp³-hybridized carbons (Fsp3) is 0.600. The van der Waals surface area contributed by atoms with E-state index >= 15 is 0 Å². The largest absolute Gasteiger partial charge is 0.462 e. The molecule has 1 aliphatic rings. The zero-order chi connectivity index (χ0) is 14.5. The molecule has 0 radical (unpaired) electrons. The maximum Gasteiger partial charge on any atom is 0.340 e. The van der Waals surface area contributed by atoms with Gasteiger partial charge in [0.1, 0.15) is 5.82 Å². The van der Waals surface area contributed by atoms with Crippen molar-refractivity contribution >= 4 is 17.5 Å². The average Bonchev–Trinajstić information content (AvgIpc) is 2.64. The molecule has 5 heteroatoms. The Morgan fingerprint density at radius 2 is 2.30 bits per heavy atom. The molecule has 0 aromatic carbocycles. The highest BCUT2D eigenvalue weighted by Crippen LogP contribution is 2.23. The van der Waals surface area contributed by atoms with Gasteiger partial charge in [0.2, 0.25) is 0 Å². The van der Waals surface area contributed by atoms with Crippen LogP contribution in [0.5, 0.6) is 0 Å². The van der Waals surface area contributed by atoms with Crippen LogP contribution < -0.4 is 10.6 Å². The lowest BCUT2D eigenvalue weighted by Gasteiger charge is -2.22. The third-order valence-electron chi connectivity index (χ3n) is 3.76. The molecule has 20 heavy (non-hydrogen) atoms. The molecule has 2 heterocycles. The Morgan fingerprint density at radius 1 is 1.50 bits per heavy atom. The average molecular weight is 277 g/mol. The Balaban J connectivity index is 2.20. The summed E-state index contributed by atoms with van der Waals surface area (Å²) in [5, 5.41) is 0. The summed E-state index contributed by atoms with van der Waals surface area (Å²) in [6.45, 7) is 6.36. The summed E-state index contributed by atoms with van der Waals surface area (Å²) in [5.41, 5.74) is 6.60. The predicted octanol–water partition coefficient (Wildman–Crippen LogP) is 2.47. The Labute approximate surface area is 120 Å². The molecule has 0 bridgehead atoms. The molecule has 1 atom stereocenters. The monoisotopic (exact) mass is 277 g/mol. The van der Waals surface area contributed by atoms with E-state index in [4.69, 9.17) is 10.5 Å². The van der Waals surface area contributed by atoms with Crippen LogP contribution in [0.25, 0.3) is 0 Å². The highest BCUT2D eigenvalue weighted by molar-refractivity contribution is 5.95. The van der Waals surface area contributed by atoms with Crippen molar-refractivity contribution in [3.8, 4) is 0 Å². The molecular weight excluding hydrogens is 254 g/mol. The van der Waals surface area contributed by atoms with Crippen molar-refractivity contribution in [1.29, 1.82) is 0 Å². The smallest absolute Gasteiger partial charge is 0.340 e. The van der Waals surface area contributed by atoms with Crippen LogP contribution in [0.2, 0.25) is 0 Å². The van der Waals surface area contributed by atoms with Gasteiger partial charge in [0.25, 0.3) is 0 Å². The number of nitrogens with zero attached hydrogens (tertiary/aromatic N) is 2. The van der Waals surface area contributed by atoms with E-state index in [1.54, 1.807) is 19.2 Å². The van der Waals surface area contributed by atoms with Crippen molar-refractivity contribution in [3.05, 3.63) is 17.8 Å². The highest BCUT2D eigenvalue weighted by atomic mass is 16.5. The van der Waals surface area contributed by atoms with Crippen molar-refractivity contribution in [2.75, 3.05) is 30.3 Å². The summed E-state index contributed by atoms with van der Waals surface area (Å²) >= 11 is 0. The zero-order valence-electron chi connectivity index (χ0n) is 12.3. The summed E-state index contributed by atoms with van der Waals surface area (Å²) in [4.78, 5) is 18.5. The first kappa shape index (κ1) is 14.6. The number of rotatable bonds is 3. The number of hydrogen-bond donors (Lipinski definition) is 1. The first-order valence-electron chi connectivity index (χ1n) is 7.29. The van der Waals surface area contributed by atoms with Crippen molar-refractivity contribution < 1.29 is 9.53 Å². The molecule has 0 amide bonds. The maximum absolute atomic E-state index is 11.9. The lowest BCUT2D eigenvalue weighted by Crippen LogP contribution is -2.25. The number of pyridine rings is 1. The second-order valence-electron chi connectivity index (χ2n) is 5.37. The van der Waals surface area contributed by atoms with Crippen LogP contribution >= 0.6 is 0 Å². The molecule has 1 unspecified atom stereocenters. The summed E-state index contributed by atoms with van der Waals surface area (Å²) in [6, 6.07) is 1.75. The van der Waals surface area contributed by atoms with Crippen molar-refractivity contribution in [2.45, 2.75) is 33.1 Å². The summed E-state index contributed by atoms with van der Waals surface area (Å²) in [5.74, 6) is 1.19. The molecule has 110 valence electrons. The Kier molecular flexibility index (Phi) is 4.82. The van der Waals surface area contributed by atoms with Crippen molar-refractivity contribution in [2.24, 2.45) is 5.92 Å². The zero-order valence-corrected chi connectivity index (χ0v) is 12.3. The van der Waals surface area contributed by atoms with Gasteiger partial charge in [-0.1, -0.05) is 6.92 Å². The number of anilines is 2. The number of nitrogen functional groups attached to an aromatic ring is 1. The molecule has 0 saturated carbocycles. The van der Waals surface area contributed by atoms with Crippen LogP contribution in [0, 0.1) is 5.92 Å². The molecular formula is C15H23N3O2. The first-order valence-corrected chi connectivity index (χ1v) is 7.29. The maximum atomic E-state index is 11.9. The van der Waals surface area contributed by atoms with E-state index in [9.17, 15) is 4.79 Å². The third kappa shape index (κ3) is 3.40. The number of carbonyl (C=O) groups excluding carboxylic acids is 1. The SMILES string of the molecule is CCOC(=O)c1cc(N2CCCC(C)CC2)ncc1N. The molecule has 1 aromatic heterocycles. The summed E-state index contributed by atoms with van der Waals surface area (Å²) < 4.78 is 5.03. The van der Waals surface area contributed by atoms with Gasteiger partial charge >= 0.3 is 5.97 Å². The van der Waals surface area contributed by atoms with Gasteiger partial charge in [-0.15, -0.1) is 0 Å². The number of nitrogens with two attached hydrogens (primary N) is 1. The number of hydrogen-bond acceptors (Lipinski definition) is 5. The fourth-order valence-electron chi connectivity index (χ4n) is 2.51.